The third-order valence-electron chi connectivity index (χ3n) is 6.04. The lowest BCUT2D eigenvalue weighted by molar-refractivity contribution is -0.135. The molecule has 0 spiro atoms. The van der Waals surface area contributed by atoms with Crippen LogP contribution in [0.5, 0.6) is 0 Å². The van der Waals surface area contributed by atoms with Crippen LogP contribution in [0.1, 0.15) is 44.3 Å². The van der Waals surface area contributed by atoms with Gasteiger partial charge in [0.15, 0.2) is 11.6 Å². The molecule has 1 saturated carbocycles. The van der Waals surface area contributed by atoms with Gasteiger partial charge in [-0.05, 0) is 31.4 Å². The molecule has 1 aliphatic heterocycles. The number of hydrogen-bond donors (Lipinski definition) is 2. The first-order chi connectivity index (χ1) is 14.2. The van der Waals surface area contributed by atoms with Crippen molar-refractivity contribution in [3.8, 4) is 0 Å². The zero-order valence-corrected chi connectivity index (χ0v) is 19.9. The second-order valence-electron chi connectivity index (χ2n) is 8.04. The van der Waals surface area contributed by atoms with Crippen LogP contribution in [0.25, 0.3) is 5.65 Å². The fourth-order valence-corrected chi connectivity index (χ4v) is 4.43. The van der Waals surface area contributed by atoms with Gasteiger partial charge in [0.05, 0.1) is 0 Å². The Hall–Kier alpha value is -1.91. The highest BCUT2D eigenvalue weighted by Gasteiger charge is 2.31. The fourth-order valence-electron chi connectivity index (χ4n) is 4.43. The molecule has 2 N–H and O–H groups in total. The molecular weight excluding hydrogens is 493 g/mol. The molecule has 2 aromatic heterocycles. The largest absolute Gasteiger partial charge is 0.356 e. The van der Waals surface area contributed by atoms with Crippen LogP contribution in [-0.2, 0) is 11.2 Å². The second-order valence-corrected chi connectivity index (χ2v) is 8.04. The quantitative estimate of drug-likeness (QED) is 0.355. The van der Waals surface area contributed by atoms with Gasteiger partial charge in [-0.1, -0.05) is 25.3 Å². The Morgan fingerprint density at radius 1 is 1.20 bits per heavy atom. The van der Waals surface area contributed by atoms with Crippen molar-refractivity contribution in [2.24, 2.45) is 10.9 Å². The van der Waals surface area contributed by atoms with Crippen molar-refractivity contribution < 1.29 is 4.79 Å². The zero-order valence-electron chi connectivity index (χ0n) is 17.6. The first kappa shape index (κ1) is 22.8. The molecule has 0 radical (unpaired) electrons. The van der Waals surface area contributed by atoms with Gasteiger partial charge < -0.3 is 15.5 Å². The Labute approximate surface area is 194 Å². The minimum atomic E-state index is 0. The molecule has 1 saturated heterocycles. The minimum absolute atomic E-state index is 0. The summed E-state index contributed by atoms with van der Waals surface area (Å²) in [6, 6.07) is 6.14. The molecule has 2 aromatic rings. The van der Waals surface area contributed by atoms with E-state index in [2.05, 4.69) is 25.8 Å². The average Bonchev–Trinajstić information content (AvgIpc) is 3.40. The van der Waals surface area contributed by atoms with Gasteiger partial charge in [-0.3, -0.25) is 14.2 Å². The number of halogens is 1. The van der Waals surface area contributed by atoms with Crippen LogP contribution in [0, 0.1) is 5.92 Å². The number of fused-ring (bicyclic) bond motifs is 1. The predicted molar refractivity (Wildman–Crippen MR) is 128 cm³/mol. The van der Waals surface area contributed by atoms with Gasteiger partial charge in [-0.15, -0.1) is 34.2 Å². The van der Waals surface area contributed by atoms with Gasteiger partial charge in [-0.25, -0.2) is 0 Å². The molecule has 1 unspecified atom stereocenters. The average molecular weight is 525 g/mol. The van der Waals surface area contributed by atoms with E-state index >= 15 is 0 Å². The van der Waals surface area contributed by atoms with Crippen molar-refractivity contribution in [3.63, 3.8) is 0 Å². The van der Waals surface area contributed by atoms with Gasteiger partial charge in [0.25, 0.3) is 0 Å². The molecule has 164 valence electrons. The third kappa shape index (κ3) is 5.41. The summed E-state index contributed by atoms with van der Waals surface area (Å²) in [4.78, 5) is 19.1. The number of carbonyl (C=O) groups is 1. The number of aliphatic imine (C=N–C) groups is 1. The standard InChI is InChI=1S/C21H31N7O.HI/c1-22-21(23-12-10-19-26-25-18-9-5-6-13-28(18)19)24-17-11-14-27(15-17)20(29)16-7-3-2-4-8-16;/h5-6,9,13,16-17H,2-4,7-8,10-12,14-15H2,1H3,(H2,22,23,24);1H. The van der Waals surface area contributed by atoms with E-state index in [-0.39, 0.29) is 35.9 Å². The molecule has 3 heterocycles. The molecule has 30 heavy (non-hydrogen) atoms. The smallest absolute Gasteiger partial charge is 0.225 e. The van der Waals surface area contributed by atoms with Crippen LogP contribution >= 0.6 is 24.0 Å². The fraction of sp³-hybridized carbons (Fsp3) is 0.619. The topological polar surface area (TPSA) is 86.9 Å². The SMILES string of the molecule is CN=C(NCCc1nnc2ccccn12)NC1CCN(C(=O)C2CCCCC2)C1.I. The van der Waals surface area contributed by atoms with Gasteiger partial charge in [0, 0.05) is 51.3 Å². The molecular formula is C21H32IN7O. The van der Waals surface area contributed by atoms with E-state index in [0.29, 0.717) is 12.5 Å². The highest BCUT2D eigenvalue weighted by Crippen LogP contribution is 2.26. The van der Waals surface area contributed by atoms with Gasteiger partial charge in [0.1, 0.15) is 5.82 Å². The van der Waals surface area contributed by atoms with E-state index in [0.717, 1.165) is 56.2 Å². The monoisotopic (exact) mass is 525 g/mol. The van der Waals surface area contributed by atoms with Crippen LogP contribution in [0.3, 0.4) is 0 Å². The molecule has 1 atom stereocenters. The number of pyridine rings is 1. The predicted octanol–water partition coefficient (Wildman–Crippen LogP) is 2.24. The lowest BCUT2D eigenvalue weighted by Gasteiger charge is -2.26. The maximum Gasteiger partial charge on any atom is 0.225 e. The summed E-state index contributed by atoms with van der Waals surface area (Å²) in [5, 5.41) is 15.3. The van der Waals surface area contributed by atoms with Crippen molar-refractivity contribution in [2.45, 2.75) is 51.0 Å². The molecule has 1 aliphatic carbocycles. The van der Waals surface area contributed by atoms with Crippen molar-refractivity contribution in [2.75, 3.05) is 26.7 Å². The molecule has 1 amide bonds. The number of carbonyl (C=O) groups excluding carboxylic acids is 1. The zero-order chi connectivity index (χ0) is 20.1. The summed E-state index contributed by atoms with van der Waals surface area (Å²) in [5.74, 6) is 2.30. The molecule has 8 nitrogen and oxygen atoms in total. The number of nitrogens with one attached hydrogen (secondary N) is 2. The van der Waals surface area contributed by atoms with Crippen molar-refractivity contribution >= 4 is 41.5 Å². The summed E-state index contributed by atoms with van der Waals surface area (Å²) < 4.78 is 2.00. The number of nitrogens with zero attached hydrogens (tertiary/aromatic N) is 5. The second kappa shape index (κ2) is 10.9. The van der Waals surface area contributed by atoms with Crippen molar-refractivity contribution in [1.29, 1.82) is 0 Å². The van der Waals surface area contributed by atoms with Gasteiger partial charge >= 0.3 is 0 Å². The molecule has 2 aliphatic rings. The van der Waals surface area contributed by atoms with Crippen molar-refractivity contribution in [3.05, 3.63) is 30.2 Å². The Balaban J connectivity index is 0.00000256. The number of hydrogen-bond acceptors (Lipinski definition) is 4. The molecule has 0 bridgehead atoms. The molecule has 2 fully saturated rings. The van der Waals surface area contributed by atoms with Crippen molar-refractivity contribution in [1.82, 2.24) is 30.1 Å². The number of likely N-dealkylation sites (tertiary alicyclic amines) is 1. The first-order valence-electron chi connectivity index (χ1n) is 10.8. The summed E-state index contributed by atoms with van der Waals surface area (Å²) in [7, 11) is 1.78. The Morgan fingerprint density at radius 2 is 2.03 bits per heavy atom. The Bertz CT molecular complexity index is 862. The normalized spacial score (nSPS) is 20.2. The van der Waals surface area contributed by atoms with Crippen LogP contribution in [0.15, 0.2) is 29.4 Å². The van der Waals surface area contributed by atoms with E-state index in [1.54, 1.807) is 7.05 Å². The number of guanidine groups is 1. The molecule has 9 heteroatoms. The summed E-state index contributed by atoms with van der Waals surface area (Å²) in [5.41, 5.74) is 0.860. The molecule has 4 rings (SSSR count). The Morgan fingerprint density at radius 3 is 2.83 bits per heavy atom. The third-order valence-corrected chi connectivity index (χ3v) is 6.04. The van der Waals surface area contributed by atoms with Gasteiger partial charge in [0.2, 0.25) is 5.91 Å². The van der Waals surface area contributed by atoms with E-state index in [4.69, 9.17) is 0 Å². The van der Waals surface area contributed by atoms with E-state index in [1.807, 2.05) is 33.7 Å². The lowest BCUT2D eigenvalue weighted by atomic mass is 9.88. The van der Waals surface area contributed by atoms with Crippen LogP contribution in [0.2, 0.25) is 0 Å². The maximum absolute atomic E-state index is 12.7. The highest BCUT2D eigenvalue weighted by molar-refractivity contribution is 14.0. The lowest BCUT2D eigenvalue weighted by Crippen LogP contribution is -2.46. The Kier molecular flexibility index (Phi) is 8.29. The van der Waals surface area contributed by atoms with Crippen LogP contribution < -0.4 is 10.6 Å². The summed E-state index contributed by atoms with van der Waals surface area (Å²) in [6.45, 7) is 2.33. The highest BCUT2D eigenvalue weighted by atomic mass is 127. The maximum atomic E-state index is 12.7. The van der Waals surface area contributed by atoms with Crippen LogP contribution in [-0.4, -0.2) is 64.1 Å². The number of rotatable bonds is 5. The van der Waals surface area contributed by atoms with Gasteiger partial charge in [-0.2, -0.15) is 0 Å². The number of amides is 1. The number of aromatic nitrogens is 3. The molecule has 0 aromatic carbocycles. The van der Waals surface area contributed by atoms with E-state index in [9.17, 15) is 4.79 Å². The van der Waals surface area contributed by atoms with E-state index < -0.39 is 0 Å². The minimum Gasteiger partial charge on any atom is -0.356 e. The summed E-state index contributed by atoms with van der Waals surface area (Å²) in [6.07, 6.45) is 9.50. The van der Waals surface area contributed by atoms with Crippen LogP contribution in [0.4, 0.5) is 0 Å². The first-order valence-corrected chi connectivity index (χ1v) is 10.8. The van der Waals surface area contributed by atoms with E-state index in [1.165, 1.54) is 19.3 Å². The summed E-state index contributed by atoms with van der Waals surface area (Å²) >= 11 is 0.